The molecule has 36 heavy (non-hydrogen) atoms. The van der Waals surface area contributed by atoms with Crippen molar-refractivity contribution in [1.82, 2.24) is 25.1 Å². The van der Waals surface area contributed by atoms with E-state index in [4.69, 9.17) is 14.9 Å². The number of carboxylic acid groups (broad SMARTS) is 1. The fourth-order valence-corrected chi connectivity index (χ4v) is 4.20. The molecule has 0 saturated carbocycles. The largest absolute Gasteiger partial charge is 0.475 e. The van der Waals surface area contributed by atoms with Crippen LogP contribution in [-0.4, -0.2) is 109 Å². The molecule has 1 aliphatic rings. The molecule has 0 bridgehead atoms. The molecule has 2 aromatic rings. The lowest BCUT2D eigenvalue weighted by Crippen LogP contribution is -2.56. The molecule has 1 aromatic carbocycles. The minimum Gasteiger partial charge on any atom is -0.475 e. The van der Waals surface area contributed by atoms with Crippen molar-refractivity contribution in [3.05, 3.63) is 42.1 Å². The highest BCUT2D eigenvalue weighted by Crippen LogP contribution is 2.35. The van der Waals surface area contributed by atoms with Crippen LogP contribution in [0.2, 0.25) is 0 Å². The molecule has 14 nitrogen and oxygen atoms in total. The summed E-state index contributed by atoms with van der Waals surface area (Å²) in [4.78, 5) is 67.0. The zero-order valence-electron chi connectivity index (χ0n) is 19.1. The van der Waals surface area contributed by atoms with Gasteiger partial charge in [0, 0.05) is 37.8 Å². The number of hydrogen-bond acceptors (Lipinski definition) is 8. The third-order valence-corrected chi connectivity index (χ3v) is 6.04. The van der Waals surface area contributed by atoms with E-state index in [9.17, 15) is 28.7 Å². The van der Waals surface area contributed by atoms with Crippen LogP contribution in [0.25, 0.3) is 11.4 Å². The lowest BCUT2D eigenvalue weighted by Gasteiger charge is -2.35. The second-order valence-corrected chi connectivity index (χ2v) is 9.52. The van der Waals surface area contributed by atoms with Gasteiger partial charge in [0.1, 0.15) is 18.3 Å². The van der Waals surface area contributed by atoms with Crippen LogP contribution in [-0.2, 0) is 9.36 Å². The van der Waals surface area contributed by atoms with Crippen LogP contribution in [0.15, 0.2) is 36.4 Å². The summed E-state index contributed by atoms with van der Waals surface area (Å²) in [6.45, 7) is -0.355. The van der Waals surface area contributed by atoms with Gasteiger partial charge in [-0.15, -0.1) is 0 Å². The van der Waals surface area contributed by atoms with Gasteiger partial charge in [0.2, 0.25) is 11.8 Å². The third-order valence-electron chi connectivity index (χ3n) is 5.19. The molecule has 3 rings (SSSR count). The minimum absolute atomic E-state index is 0.00345. The maximum absolute atomic E-state index is 13.1. The molecule has 1 atom stereocenters. The monoisotopic (exact) mass is 523 g/mol. The van der Waals surface area contributed by atoms with Crippen molar-refractivity contribution >= 4 is 25.5 Å². The number of aliphatic hydroxyl groups is 1. The number of benzene rings is 1. The third kappa shape index (κ3) is 7.46. The van der Waals surface area contributed by atoms with E-state index in [1.165, 1.54) is 11.0 Å². The van der Waals surface area contributed by atoms with E-state index < -0.39 is 37.7 Å². The number of aliphatic hydroxyl groups excluding tert-OH is 1. The van der Waals surface area contributed by atoms with Gasteiger partial charge in [0.15, 0.2) is 5.82 Å². The molecule has 194 valence electrons. The Labute approximate surface area is 205 Å². The smallest absolute Gasteiger partial charge is 0.407 e. The molecule has 1 fully saturated rings. The number of carbonyl (C=O) groups is 3. The van der Waals surface area contributed by atoms with E-state index in [0.29, 0.717) is 5.56 Å². The van der Waals surface area contributed by atoms with Crippen LogP contribution in [0, 0.1) is 0 Å². The summed E-state index contributed by atoms with van der Waals surface area (Å²) in [6, 6.07) is 8.23. The van der Waals surface area contributed by atoms with Gasteiger partial charge in [-0.05, 0) is 0 Å². The van der Waals surface area contributed by atoms with Crippen molar-refractivity contribution in [2.24, 2.45) is 0 Å². The van der Waals surface area contributed by atoms with Crippen LogP contribution in [0.4, 0.5) is 4.79 Å². The highest BCUT2D eigenvalue weighted by atomic mass is 31.2. The Kier molecular flexibility index (Phi) is 8.93. The van der Waals surface area contributed by atoms with Crippen molar-refractivity contribution in [3.63, 3.8) is 0 Å². The van der Waals surface area contributed by atoms with Crippen LogP contribution in [0.5, 0.6) is 5.88 Å². The first-order valence-electron chi connectivity index (χ1n) is 10.9. The predicted molar refractivity (Wildman–Crippen MR) is 124 cm³/mol. The number of nitrogens with one attached hydrogen (secondary N) is 1. The van der Waals surface area contributed by atoms with Crippen molar-refractivity contribution in [1.29, 1.82) is 0 Å². The zero-order chi connectivity index (χ0) is 26.3. The Morgan fingerprint density at radius 2 is 1.69 bits per heavy atom. The highest BCUT2D eigenvalue weighted by molar-refractivity contribution is 7.51. The van der Waals surface area contributed by atoms with Crippen LogP contribution < -0.4 is 10.1 Å². The van der Waals surface area contributed by atoms with Gasteiger partial charge in [-0.3, -0.25) is 14.2 Å². The Morgan fingerprint density at radius 3 is 2.28 bits per heavy atom. The van der Waals surface area contributed by atoms with Gasteiger partial charge in [0.25, 0.3) is 5.91 Å². The summed E-state index contributed by atoms with van der Waals surface area (Å²) in [5.74, 6) is -1.56. The molecular weight excluding hydrogens is 497 g/mol. The molecule has 3 amide bonds. The maximum atomic E-state index is 13.1. The first-order chi connectivity index (χ1) is 17.1. The molecule has 1 saturated heterocycles. The zero-order valence-corrected chi connectivity index (χ0v) is 20.0. The van der Waals surface area contributed by atoms with E-state index in [2.05, 4.69) is 15.3 Å². The average molecular weight is 523 g/mol. The van der Waals surface area contributed by atoms with E-state index in [1.54, 1.807) is 30.3 Å². The molecule has 0 spiro atoms. The Balaban J connectivity index is 1.85. The Bertz CT molecular complexity index is 1140. The molecule has 5 N–H and O–H groups in total. The molecule has 2 heterocycles. The van der Waals surface area contributed by atoms with Gasteiger partial charge in [-0.1, -0.05) is 30.3 Å². The predicted octanol–water partition coefficient (Wildman–Crippen LogP) is -0.387. The fourth-order valence-electron chi connectivity index (χ4n) is 3.48. The highest BCUT2D eigenvalue weighted by Gasteiger charge is 2.34. The summed E-state index contributed by atoms with van der Waals surface area (Å²) in [6.07, 6.45) is -2.10. The van der Waals surface area contributed by atoms with Crippen molar-refractivity contribution in [3.8, 4) is 17.3 Å². The summed E-state index contributed by atoms with van der Waals surface area (Å²) in [5.41, 5.74) is 0.330. The first-order valence-corrected chi connectivity index (χ1v) is 12.7. The number of piperazine rings is 1. The molecule has 1 aromatic heterocycles. The van der Waals surface area contributed by atoms with Gasteiger partial charge >= 0.3 is 13.7 Å². The second kappa shape index (κ2) is 11.9. The summed E-state index contributed by atoms with van der Waals surface area (Å²) in [5, 5.41) is 20.5. The summed E-state index contributed by atoms with van der Waals surface area (Å²) >= 11 is 0. The van der Waals surface area contributed by atoms with Crippen LogP contribution >= 0.6 is 7.60 Å². The Hall–Kier alpha value is -3.58. The molecule has 0 aliphatic carbocycles. The van der Waals surface area contributed by atoms with Gasteiger partial charge in [0.05, 0.1) is 12.8 Å². The fraction of sp³-hybridized carbons (Fsp3) is 0.381. The number of hydrogen-bond donors (Lipinski definition) is 5. The average Bonchev–Trinajstić information content (AvgIpc) is 2.86. The topological polar surface area (TPSA) is 203 Å². The SMILES string of the molecule is O=C(N[C@@H](CP(=O)(O)O)C(=O)N1CCN(C(=O)O)CC1)c1cc(OCCO)nc(-c2ccccc2)n1. The Morgan fingerprint density at radius 1 is 1.06 bits per heavy atom. The maximum Gasteiger partial charge on any atom is 0.407 e. The van der Waals surface area contributed by atoms with Crippen molar-refractivity contribution < 1.29 is 43.7 Å². The lowest BCUT2D eigenvalue weighted by molar-refractivity contribution is -0.134. The van der Waals surface area contributed by atoms with E-state index in [1.807, 2.05) is 0 Å². The minimum atomic E-state index is -4.74. The molecule has 1 aliphatic heterocycles. The summed E-state index contributed by atoms with van der Waals surface area (Å²) < 4.78 is 17.0. The number of rotatable bonds is 9. The normalized spacial score (nSPS) is 14.8. The van der Waals surface area contributed by atoms with Crippen LogP contribution in [0.1, 0.15) is 10.5 Å². The van der Waals surface area contributed by atoms with Gasteiger partial charge < -0.3 is 39.9 Å². The van der Waals surface area contributed by atoms with E-state index in [-0.39, 0.29) is 56.8 Å². The van der Waals surface area contributed by atoms with Gasteiger partial charge in [-0.2, -0.15) is 4.98 Å². The quantitative estimate of drug-likeness (QED) is 0.268. The van der Waals surface area contributed by atoms with Crippen molar-refractivity contribution in [2.45, 2.75) is 6.04 Å². The number of nitrogens with zero attached hydrogens (tertiary/aromatic N) is 4. The first kappa shape index (κ1) is 27.0. The molecule has 15 heteroatoms. The number of amides is 3. The van der Waals surface area contributed by atoms with Crippen molar-refractivity contribution in [2.75, 3.05) is 45.6 Å². The number of ether oxygens (including phenoxy) is 1. The van der Waals surface area contributed by atoms with E-state index >= 15 is 0 Å². The second-order valence-electron chi connectivity index (χ2n) is 7.82. The number of aromatic nitrogens is 2. The summed E-state index contributed by atoms with van der Waals surface area (Å²) in [7, 11) is -4.74. The number of carbonyl (C=O) groups excluding carboxylic acids is 2. The lowest BCUT2D eigenvalue weighted by atomic mass is 10.2. The molecule has 0 unspecified atom stereocenters. The molecular formula is C21H26N5O9P. The van der Waals surface area contributed by atoms with E-state index in [0.717, 1.165) is 4.90 Å². The van der Waals surface area contributed by atoms with Crippen LogP contribution in [0.3, 0.4) is 0 Å². The molecule has 0 radical (unpaired) electrons. The standard InChI is InChI=1S/C21H26N5O9P/c27-10-11-35-17-12-15(22-18(24-17)14-4-2-1-3-5-14)19(28)23-16(13-36(32,33)34)20(29)25-6-8-26(9-7-25)21(30)31/h1-5,12,16,27H,6-11,13H2,(H,23,28)(H,30,31)(H2,32,33,34)/t16-/m0/s1. The van der Waals surface area contributed by atoms with Gasteiger partial charge in [-0.25, -0.2) is 9.78 Å².